The van der Waals surface area contributed by atoms with Crippen molar-refractivity contribution in [3.8, 4) is 5.75 Å². The SMILES string of the molecule is CN=C(NCc1ccccc1OC(F)(F)F)NC1CCS(=O)(=O)C1.I. The highest BCUT2D eigenvalue weighted by Gasteiger charge is 2.32. The Bertz CT molecular complexity index is 711. The van der Waals surface area contributed by atoms with Gasteiger partial charge >= 0.3 is 6.36 Å². The predicted molar refractivity (Wildman–Crippen MR) is 98.9 cm³/mol. The average Bonchev–Trinajstić information content (AvgIpc) is 2.82. The predicted octanol–water partition coefficient (Wildman–Crippen LogP) is 2.06. The van der Waals surface area contributed by atoms with Crippen molar-refractivity contribution in [2.45, 2.75) is 25.4 Å². The zero-order valence-corrected chi connectivity index (χ0v) is 16.5. The number of rotatable bonds is 4. The molecular weight excluding hydrogens is 474 g/mol. The van der Waals surface area contributed by atoms with E-state index in [0.717, 1.165) is 0 Å². The molecule has 1 unspecified atom stereocenters. The number of halogens is 4. The van der Waals surface area contributed by atoms with Crippen LogP contribution in [-0.4, -0.2) is 45.3 Å². The smallest absolute Gasteiger partial charge is 0.405 e. The summed E-state index contributed by atoms with van der Waals surface area (Å²) in [6.07, 6.45) is -4.30. The van der Waals surface area contributed by atoms with Crippen LogP contribution in [0.15, 0.2) is 29.3 Å². The van der Waals surface area contributed by atoms with Gasteiger partial charge in [0.2, 0.25) is 0 Å². The molecule has 25 heavy (non-hydrogen) atoms. The molecule has 0 spiro atoms. The number of para-hydroxylation sites is 1. The highest BCUT2D eigenvalue weighted by Crippen LogP contribution is 2.26. The molecule has 6 nitrogen and oxygen atoms in total. The minimum Gasteiger partial charge on any atom is -0.405 e. The van der Waals surface area contributed by atoms with Gasteiger partial charge in [-0.1, -0.05) is 18.2 Å². The third-order valence-corrected chi connectivity index (χ3v) is 5.21. The molecule has 0 amide bonds. The van der Waals surface area contributed by atoms with E-state index in [1.165, 1.54) is 25.2 Å². The van der Waals surface area contributed by atoms with Crippen molar-refractivity contribution in [1.82, 2.24) is 10.6 Å². The normalized spacial score (nSPS) is 19.8. The maximum Gasteiger partial charge on any atom is 0.573 e. The quantitative estimate of drug-likeness (QED) is 0.382. The Morgan fingerprint density at radius 3 is 2.60 bits per heavy atom. The van der Waals surface area contributed by atoms with E-state index < -0.39 is 16.2 Å². The molecule has 0 aliphatic carbocycles. The number of alkyl halides is 3. The molecule has 0 radical (unpaired) electrons. The molecule has 1 fully saturated rings. The summed E-state index contributed by atoms with van der Waals surface area (Å²) in [5.74, 6) is 0.154. The van der Waals surface area contributed by atoms with E-state index in [9.17, 15) is 21.6 Å². The molecular formula is C14H19F3IN3O3S. The third-order valence-electron chi connectivity index (χ3n) is 3.44. The van der Waals surface area contributed by atoms with Gasteiger partial charge in [0.15, 0.2) is 15.8 Å². The zero-order chi connectivity index (χ0) is 17.8. The molecule has 2 rings (SSSR count). The van der Waals surface area contributed by atoms with Gasteiger partial charge in [-0.25, -0.2) is 8.42 Å². The van der Waals surface area contributed by atoms with E-state index >= 15 is 0 Å². The summed E-state index contributed by atoms with van der Waals surface area (Å²) in [7, 11) is -1.54. The number of sulfone groups is 1. The van der Waals surface area contributed by atoms with Gasteiger partial charge < -0.3 is 15.4 Å². The van der Waals surface area contributed by atoms with Gasteiger partial charge in [0.25, 0.3) is 0 Å². The molecule has 1 heterocycles. The fourth-order valence-electron chi connectivity index (χ4n) is 2.35. The summed E-state index contributed by atoms with van der Waals surface area (Å²) in [5.41, 5.74) is 0.303. The van der Waals surface area contributed by atoms with Crippen LogP contribution in [0, 0.1) is 0 Å². The molecule has 1 aliphatic rings. The lowest BCUT2D eigenvalue weighted by atomic mass is 10.2. The van der Waals surface area contributed by atoms with Crippen LogP contribution in [0.2, 0.25) is 0 Å². The van der Waals surface area contributed by atoms with Crippen molar-refractivity contribution in [1.29, 1.82) is 0 Å². The van der Waals surface area contributed by atoms with Gasteiger partial charge in [-0.2, -0.15) is 0 Å². The van der Waals surface area contributed by atoms with Gasteiger partial charge in [-0.05, 0) is 12.5 Å². The Kier molecular flexibility index (Phi) is 7.78. The van der Waals surface area contributed by atoms with Crippen LogP contribution in [0.5, 0.6) is 5.75 Å². The van der Waals surface area contributed by atoms with Crippen LogP contribution in [0.1, 0.15) is 12.0 Å². The molecule has 0 saturated carbocycles. The lowest BCUT2D eigenvalue weighted by Crippen LogP contribution is -2.43. The highest BCUT2D eigenvalue weighted by atomic mass is 127. The van der Waals surface area contributed by atoms with Crippen molar-refractivity contribution in [3.63, 3.8) is 0 Å². The summed E-state index contributed by atoms with van der Waals surface area (Å²) >= 11 is 0. The number of guanidine groups is 1. The standard InChI is InChI=1S/C14H18F3N3O3S.HI/c1-18-13(20-11-6-7-24(21,22)9-11)19-8-10-4-2-3-5-12(10)23-14(15,16)17;/h2-5,11H,6-9H2,1H3,(H2,18,19,20);1H. The fourth-order valence-corrected chi connectivity index (χ4v) is 4.02. The number of nitrogens with zero attached hydrogens (tertiary/aromatic N) is 1. The summed E-state index contributed by atoms with van der Waals surface area (Å²) in [6, 6.07) is 5.51. The third kappa shape index (κ3) is 7.26. The molecule has 0 aromatic heterocycles. The molecule has 1 aliphatic heterocycles. The average molecular weight is 493 g/mol. The number of ether oxygens (including phenoxy) is 1. The van der Waals surface area contributed by atoms with Crippen LogP contribution in [0.4, 0.5) is 13.2 Å². The summed E-state index contributed by atoms with van der Waals surface area (Å²) in [5, 5.41) is 5.82. The first-order valence-electron chi connectivity index (χ1n) is 7.20. The number of aliphatic imine (C=N–C) groups is 1. The number of benzene rings is 1. The molecule has 11 heteroatoms. The summed E-state index contributed by atoms with van der Waals surface area (Å²) in [4.78, 5) is 3.96. The second-order valence-corrected chi connectivity index (χ2v) is 7.55. The Morgan fingerprint density at radius 2 is 2.04 bits per heavy atom. The van der Waals surface area contributed by atoms with E-state index in [1.807, 2.05) is 0 Å². The van der Waals surface area contributed by atoms with E-state index in [2.05, 4.69) is 20.4 Å². The van der Waals surface area contributed by atoms with E-state index in [4.69, 9.17) is 0 Å². The topological polar surface area (TPSA) is 79.8 Å². The first kappa shape index (κ1) is 21.8. The Hall–Kier alpha value is -1.24. The summed E-state index contributed by atoms with van der Waals surface area (Å²) in [6.45, 7) is 0.0470. The maximum atomic E-state index is 12.4. The monoisotopic (exact) mass is 493 g/mol. The minimum absolute atomic E-state index is 0. The van der Waals surface area contributed by atoms with Gasteiger partial charge in [0, 0.05) is 25.2 Å². The molecule has 1 aromatic carbocycles. The molecule has 1 aromatic rings. The lowest BCUT2D eigenvalue weighted by Gasteiger charge is -2.17. The summed E-state index contributed by atoms with van der Waals surface area (Å²) < 4.78 is 64.1. The number of nitrogens with one attached hydrogen (secondary N) is 2. The highest BCUT2D eigenvalue weighted by molar-refractivity contribution is 14.0. The van der Waals surface area contributed by atoms with Crippen LogP contribution >= 0.6 is 24.0 Å². The van der Waals surface area contributed by atoms with E-state index in [1.54, 1.807) is 6.07 Å². The molecule has 1 saturated heterocycles. The molecule has 142 valence electrons. The van der Waals surface area contributed by atoms with Crippen LogP contribution in [0.25, 0.3) is 0 Å². The number of hydrogen-bond acceptors (Lipinski definition) is 4. The van der Waals surface area contributed by atoms with Crippen molar-refractivity contribution in [2.75, 3.05) is 18.6 Å². The Morgan fingerprint density at radius 1 is 1.36 bits per heavy atom. The van der Waals surface area contributed by atoms with Crippen molar-refractivity contribution in [3.05, 3.63) is 29.8 Å². The van der Waals surface area contributed by atoms with Gasteiger partial charge in [-0.15, -0.1) is 37.1 Å². The first-order valence-corrected chi connectivity index (χ1v) is 9.02. The fraction of sp³-hybridized carbons (Fsp3) is 0.500. The molecule has 0 bridgehead atoms. The van der Waals surface area contributed by atoms with Crippen LogP contribution in [-0.2, 0) is 16.4 Å². The molecule has 2 N–H and O–H groups in total. The van der Waals surface area contributed by atoms with Gasteiger partial charge in [-0.3, -0.25) is 4.99 Å². The number of hydrogen-bond donors (Lipinski definition) is 2. The van der Waals surface area contributed by atoms with E-state index in [-0.39, 0.29) is 53.8 Å². The second kappa shape index (κ2) is 8.92. The van der Waals surface area contributed by atoms with Gasteiger partial charge in [0.05, 0.1) is 11.5 Å². The van der Waals surface area contributed by atoms with Gasteiger partial charge in [0.1, 0.15) is 5.75 Å². The van der Waals surface area contributed by atoms with Crippen LogP contribution in [0.3, 0.4) is 0 Å². The Balaban J connectivity index is 0.00000312. The second-order valence-electron chi connectivity index (χ2n) is 5.33. The lowest BCUT2D eigenvalue weighted by molar-refractivity contribution is -0.274. The first-order chi connectivity index (χ1) is 11.2. The minimum atomic E-state index is -4.77. The van der Waals surface area contributed by atoms with E-state index in [0.29, 0.717) is 17.9 Å². The largest absolute Gasteiger partial charge is 0.573 e. The maximum absolute atomic E-state index is 12.4. The Labute approximate surface area is 161 Å². The van der Waals surface area contributed by atoms with Crippen molar-refractivity contribution >= 4 is 39.8 Å². The van der Waals surface area contributed by atoms with Crippen LogP contribution < -0.4 is 15.4 Å². The molecule has 1 atom stereocenters. The zero-order valence-electron chi connectivity index (χ0n) is 13.3. The van der Waals surface area contributed by atoms with Crippen molar-refractivity contribution in [2.24, 2.45) is 4.99 Å². The van der Waals surface area contributed by atoms with Crippen molar-refractivity contribution < 1.29 is 26.3 Å².